The van der Waals surface area contributed by atoms with Crippen LogP contribution >= 0.6 is 7.75 Å². The summed E-state index contributed by atoms with van der Waals surface area (Å²) in [7, 11) is -1.13. The number of ether oxygens (including phenoxy) is 3. The van der Waals surface area contributed by atoms with Crippen LogP contribution in [0.4, 0.5) is 5.95 Å². The molecule has 1 fully saturated rings. The molecule has 1 aliphatic rings. The van der Waals surface area contributed by atoms with Gasteiger partial charge in [0.2, 0.25) is 11.8 Å². The molecule has 0 spiro atoms. The first-order valence-corrected chi connectivity index (χ1v) is 14.6. The fourth-order valence-electron chi connectivity index (χ4n) is 4.96. The highest BCUT2D eigenvalue weighted by atomic mass is 31.2. The number of nitrogen functional groups attached to an aromatic ring is 1. The van der Waals surface area contributed by atoms with E-state index in [1.165, 1.54) is 25.1 Å². The molecule has 1 aliphatic heterocycles. The van der Waals surface area contributed by atoms with Gasteiger partial charge in [-0.2, -0.15) is 15.2 Å². The van der Waals surface area contributed by atoms with Gasteiger partial charge in [-0.1, -0.05) is 36.4 Å². The van der Waals surface area contributed by atoms with Crippen LogP contribution in [0.15, 0.2) is 48.8 Å². The van der Waals surface area contributed by atoms with Crippen molar-refractivity contribution in [2.45, 2.75) is 38.3 Å². The molecule has 15 heteroatoms. The number of fused-ring (bicyclic) bond motifs is 2. The summed E-state index contributed by atoms with van der Waals surface area (Å²) in [5.41, 5.74) is 4.93. The second kappa shape index (κ2) is 11.8. The van der Waals surface area contributed by atoms with Crippen molar-refractivity contribution in [2.75, 3.05) is 33.2 Å². The van der Waals surface area contributed by atoms with Crippen molar-refractivity contribution in [2.24, 2.45) is 5.41 Å². The molecule has 0 radical (unpaired) electrons. The second-order valence-corrected chi connectivity index (χ2v) is 11.8. The maximum atomic E-state index is 14.1. The Kier molecular flexibility index (Phi) is 8.34. The van der Waals surface area contributed by atoms with Crippen LogP contribution in [0, 0.1) is 16.7 Å². The van der Waals surface area contributed by atoms with Gasteiger partial charge in [0.05, 0.1) is 32.7 Å². The van der Waals surface area contributed by atoms with E-state index in [-0.39, 0.29) is 30.7 Å². The number of hydrogen-bond acceptors (Lipinski definition) is 12. The first kappa shape index (κ1) is 29.7. The number of hydrogen-bond donors (Lipinski definition) is 3. The lowest BCUT2D eigenvalue weighted by molar-refractivity contribution is -0.0439. The number of aliphatic hydroxyl groups is 1. The van der Waals surface area contributed by atoms with Crippen LogP contribution in [0.3, 0.4) is 0 Å². The number of benzene rings is 2. The van der Waals surface area contributed by atoms with E-state index in [2.05, 4.69) is 26.1 Å². The monoisotopic (exact) mass is 597 g/mol. The SMILES string of the molecule is COCC(C)NP(=O)(OCC1OC(n2cnc3c(OC)nc(N)nc32)C(C)(C#N)C1O)Oc1cccc2ccccc12. The summed E-state index contributed by atoms with van der Waals surface area (Å²) in [6.07, 6.45) is -2.09. The molecule has 222 valence electrons. The summed E-state index contributed by atoms with van der Waals surface area (Å²) in [5, 5.41) is 26.0. The van der Waals surface area contributed by atoms with Gasteiger partial charge in [0.1, 0.15) is 23.4 Å². The molecular weight excluding hydrogens is 565 g/mol. The molecule has 6 atom stereocenters. The van der Waals surface area contributed by atoms with Crippen molar-refractivity contribution in [3.63, 3.8) is 0 Å². The number of imidazole rings is 1. The highest BCUT2D eigenvalue weighted by molar-refractivity contribution is 7.52. The average molecular weight is 598 g/mol. The zero-order chi connectivity index (χ0) is 30.1. The van der Waals surface area contributed by atoms with Crippen molar-refractivity contribution < 1.29 is 32.9 Å². The van der Waals surface area contributed by atoms with Gasteiger partial charge >= 0.3 is 7.75 Å². The van der Waals surface area contributed by atoms with Gasteiger partial charge in [-0.15, -0.1) is 0 Å². The van der Waals surface area contributed by atoms with E-state index >= 15 is 0 Å². The number of nitrogens with zero attached hydrogens (tertiary/aromatic N) is 5. The van der Waals surface area contributed by atoms with Crippen LogP contribution in [-0.2, 0) is 18.6 Å². The lowest BCUT2D eigenvalue weighted by Gasteiger charge is -2.26. The Hall–Kier alpha value is -3.83. The van der Waals surface area contributed by atoms with Crippen molar-refractivity contribution in [3.05, 3.63) is 48.8 Å². The van der Waals surface area contributed by atoms with E-state index in [0.717, 1.165) is 10.8 Å². The minimum absolute atomic E-state index is 0.0686. The molecule has 5 rings (SSSR count). The largest absolute Gasteiger partial charge is 0.479 e. The van der Waals surface area contributed by atoms with Crippen LogP contribution in [0.25, 0.3) is 21.9 Å². The molecule has 3 heterocycles. The molecule has 6 unspecified atom stereocenters. The van der Waals surface area contributed by atoms with Crippen LogP contribution < -0.4 is 20.1 Å². The smallest absolute Gasteiger partial charge is 0.459 e. The lowest BCUT2D eigenvalue weighted by atomic mass is 9.84. The molecule has 0 amide bonds. The molecule has 0 aliphatic carbocycles. The molecular formula is C27H32N7O7P. The minimum atomic E-state index is -4.07. The number of nitrogens with two attached hydrogens (primary N) is 1. The van der Waals surface area contributed by atoms with Crippen molar-refractivity contribution in [1.29, 1.82) is 5.26 Å². The molecule has 42 heavy (non-hydrogen) atoms. The summed E-state index contributed by atoms with van der Waals surface area (Å²) in [6, 6.07) is 14.6. The molecule has 4 aromatic rings. The Morgan fingerprint density at radius 2 is 2.02 bits per heavy atom. The number of nitrogens with one attached hydrogen (secondary N) is 1. The first-order valence-electron chi connectivity index (χ1n) is 13.1. The number of anilines is 1. The van der Waals surface area contributed by atoms with Gasteiger partial charge in [-0.3, -0.25) is 9.09 Å². The summed E-state index contributed by atoms with van der Waals surface area (Å²) in [6.45, 7) is 3.16. The van der Waals surface area contributed by atoms with Gasteiger partial charge in [0.25, 0.3) is 0 Å². The van der Waals surface area contributed by atoms with Crippen LogP contribution in [0.5, 0.6) is 11.6 Å². The lowest BCUT2D eigenvalue weighted by Crippen LogP contribution is -2.38. The van der Waals surface area contributed by atoms with Crippen molar-refractivity contribution in [1.82, 2.24) is 24.6 Å². The maximum Gasteiger partial charge on any atom is 0.459 e. The standard InChI is InChI=1S/C27H32N7O7P/c1-16(12-37-3)33-42(36,41-19-11-7-9-17-8-5-6-10-18(17)19)39-13-20-22(35)27(2,14-28)25(40-20)34-15-30-21-23(34)31-26(29)32-24(21)38-4/h5-11,15-16,20,22,25,35H,12-13H2,1-4H3,(H,33,36)(H2,29,31,32). The van der Waals surface area contributed by atoms with Gasteiger partial charge in [-0.05, 0) is 25.3 Å². The highest BCUT2D eigenvalue weighted by Gasteiger charge is 2.55. The average Bonchev–Trinajstić information content (AvgIpc) is 3.50. The third-order valence-corrected chi connectivity index (χ3v) is 8.73. The van der Waals surface area contributed by atoms with Crippen LogP contribution in [0.1, 0.15) is 20.1 Å². The normalized spacial score (nSPS) is 24.3. The van der Waals surface area contributed by atoms with Crippen molar-refractivity contribution >= 4 is 35.6 Å². The van der Waals surface area contributed by atoms with E-state index < -0.39 is 37.6 Å². The Morgan fingerprint density at radius 1 is 1.26 bits per heavy atom. The van der Waals surface area contributed by atoms with E-state index in [0.29, 0.717) is 11.3 Å². The number of aromatic nitrogens is 4. The topological polar surface area (TPSA) is 189 Å². The zero-order valence-corrected chi connectivity index (χ0v) is 24.4. The van der Waals surface area contributed by atoms with E-state index in [1.807, 2.05) is 30.3 Å². The highest BCUT2D eigenvalue weighted by Crippen LogP contribution is 2.50. The van der Waals surface area contributed by atoms with Gasteiger partial charge in [-0.25, -0.2) is 14.6 Å². The first-order chi connectivity index (χ1) is 20.1. The Labute approximate surface area is 241 Å². The number of nitriles is 1. The molecule has 1 saturated heterocycles. The fraction of sp³-hybridized carbons (Fsp3) is 0.407. The molecule has 14 nitrogen and oxygen atoms in total. The Morgan fingerprint density at radius 3 is 2.76 bits per heavy atom. The zero-order valence-electron chi connectivity index (χ0n) is 23.5. The predicted octanol–water partition coefficient (Wildman–Crippen LogP) is 3.19. The van der Waals surface area contributed by atoms with E-state index in [1.54, 1.807) is 26.0 Å². The Balaban J connectivity index is 1.43. The Bertz CT molecular complexity index is 1670. The number of rotatable bonds is 11. The molecule has 0 saturated carbocycles. The summed E-state index contributed by atoms with van der Waals surface area (Å²) in [4.78, 5) is 12.6. The summed E-state index contributed by atoms with van der Waals surface area (Å²) in [5.74, 6) is 0.425. The quantitative estimate of drug-likeness (QED) is 0.214. The van der Waals surface area contributed by atoms with Gasteiger partial charge in [0, 0.05) is 18.5 Å². The minimum Gasteiger partial charge on any atom is -0.479 e. The second-order valence-electron chi connectivity index (χ2n) is 10.1. The van der Waals surface area contributed by atoms with Crippen LogP contribution in [0.2, 0.25) is 0 Å². The molecule has 2 aromatic carbocycles. The fourth-order valence-corrected chi connectivity index (χ4v) is 6.52. The van der Waals surface area contributed by atoms with Gasteiger partial charge < -0.3 is 29.6 Å². The third kappa shape index (κ3) is 5.50. The molecule has 4 N–H and O–H groups in total. The molecule has 0 bridgehead atoms. The van der Waals surface area contributed by atoms with E-state index in [9.17, 15) is 14.9 Å². The number of aliphatic hydroxyl groups excluding tert-OH is 1. The summed E-state index contributed by atoms with van der Waals surface area (Å²) < 4.78 is 44.1. The number of methoxy groups -OCH3 is 2. The third-order valence-electron chi connectivity index (χ3n) is 7.05. The van der Waals surface area contributed by atoms with E-state index in [4.69, 9.17) is 29.0 Å². The van der Waals surface area contributed by atoms with Gasteiger partial charge in [0.15, 0.2) is 17.4 Å². The summed E-state index contributed by atoms with van der Waals surface area (Å²) >= 11 is 0. The molecule has 2 aromatic heterocycles. The predicted molar refractivity (Wildman–Crippen MR) is 153 cm³/mol. The van der Waals surface area contributed by atoms with Crippen LogP contribution in [-0.4, -0.2) is 70.3 Å². The van der Waals surface area contributed by atoms with Crippen molar-refractivity contribution in [3.8, 4) is 17.7 Å². The maximum absolute atomic E-state index is 14.1.